The maximum Gasteiger partial charge on any atom is 0.240 e. The van der Waals surface area contributed by atoms with E-state index >= 15 is 0 Å². The fraction of sp³-hybridized carbons (Fsp3) is 0.286. The summed E-state index contributed by atoms with van der Waals surface area (Å²) in [4.78, 5) is 22.9. The lowest BCUT2D eigenvalue weighted by Gasteiger charge is -2.14. The van der Waals surface area contributed by atoms with E-state index in [0.717, 1.165) is 5.56 Å². The minimum absolute atomic E-state index is 0.200. The van der Waals surface area contributed by atoms with Gasteiger partial charge in [0, 0.05) is 0 Å². The standard InChI is InChI=1S/C14H18N2O2/c1-2-3-9-12(14(15)18)16-13(17)10-11-7-5-4-6-8-11/h2,4-8,12H,1,3,9-10H2,(H2,15,18)(H,16,17)/t12-/m1/s1. The van der Waals surface area contributed by atoms with Crippen LogP contribution in [0.4, 0.5) is 0 Å². The van der Waals surface area contributed by atoms with Gasteiger partial charge in [-0.3, -0.25) is 9.59 Å². The van der Waals surface area contributed by atoms with E-state index in [-0.39, 0.29) is 12.3 Å². The summed E-state index contributed by atoms with van der Waals surface area (Å²) in [6.07, 6.45) is 3.07. The Balaban J connectivity index is 2.51. The molecule has 0 spiro atoms. The Morgan fingerprint density at radius 2 is 2.00 bits per heavy atom. The molecule has 96 valence electrons. The first kappa shape index (κ1) is 14.0. The van der Waals surface area contributed by atoms with Crippen LogP contribution in [0.3, 0.4) is 0 Å². The molecule has 1 aromatic carbocycles. The molecule has 0 saturated carbocycles. The fourth-order valence-corrected chi connectivity index (χ4v) is 1.60. The number of allylic oxidation sites excluding steroid dienone is 1. The zero-order valence-corrected chi connectivity index (χ0v) is 10.3. The molecule has 0 aliphatic carbocycles. The van der Waals surface area contributed by atoms with Gasteiger partial charge in [-0.05, 0) is 18.4 Å². The van der Waals surface area contributed by atoms with Crippen molar-refractivity contribution in [2.24, 2.45) is 5.73 Å². The van der Waals surface area contributed by atoms with Crippen LogP contribution in [0.5, 0.6) is 0 Å². The third kappa shape index (κ3) is 4.82. The SMILES string of the molecule is C=CCC[C@@H](NC(=O)Cc1ccccc1)C(N)=O. The minimum Gasteiger partial charge on any atom is -0.368 e. The summed E-state index contributed by atoms with van der Waals surface area (Å²) in [7, 11) is 0. The zero-order valence-electron chi connectivity index (χ0n) is 10.3. The van der Waals surface area contributed by atoms with Crippen molar-refractivity contribution in [2.75, 3.05) is 0 Å². The van der Waals surface area contributed by atoms with Gasteiger partial charge in [-0.25, -0.2) is 0 Å². The molecule has 0 heterocycles. The third-order valence-electron chi connectivity index (χ3n) is 2.55. The normalized spacial score (nSPS) is 11.6. The molecule has 2 amide bonds. The van der Waals surface area contributed by atoms with Crippen molar-refractivity contribution in [3.8, 4) is 0 Å². The van der Waals surface area contributed by atoms with Crippen LogP contribution in [0.1, 0.15) is 18.4 Å². The first-order valence-corrected chi connectivity index (χ1v) is 5.87. The van der Waals surface area contributed by atoms with Crippen molar-refractivity contribution in [3.63, 3.8) is 0 Å². The van der Waals surface area contributed by atoms with E-state index in [0.29, 0.717) is 12.8 Å². The van der Waals surface area contributed by atoms with Crippen molar-refractivity contribution in [2.45, 2.75) is 25.3 Å². The molecule has 0 aliphatic heterocycles. The van der Waals surface area contributed by atoms with Gasteiger partial charge < -0.3 is 11.1 Å². The second kappa shape index (κ2) is 7.27. The van der Waals surface area contributed by atoms with Crippen LogP contribution in [0.25, 0.3) is 0 Å². The van der Waals surface area contributed by atoms with Crippen LogP contribution in [-0.4, -0.2) is 17.9 Å². The highest BCUT2D eigenvalue weighted by Gasteiger charge is 2.16. The number of hydrogen-bond donors (Lipinski definition) is 2. The lowest BCUT2D eigenvalue weighted by atomic mass is 10.1. The van der Waals surface area contributed by atoms with E-state index in [1.54, 1.807) is 6.08 Å². The lowest BCUT2D eigenvalue weighted by Crippen LogP contribution is -2.44. The molecule has 1 aromatic rings. The number of carbonyl (C=O) groups excluding carboxylic acids is 2. The number of nitrogens with two attached hydrogens (primary N) is 1. The second-order valence-electron chi connectivity index (χ2n) is 4.05. The number of carbonyl (C=O) groups is 2. The van der Waals surface area contributed by atoms with Crippen molar-refractivity contribution >= 4 is 11.8 Å². The highest BCUT2D eigenvalue weighted by atomic mass is 16.2. The second-order valence-corrected chi connectivity index (χ2v) is 4.05. The van der Waals surface area contributed by atoms with Crippen LogP contribution in [0.2, 0.25) is 0 Å². The molecular weight excluding hydrogens is 228 g/mol. The molecule has 1 atom stereocenters. The Morgan fingerprint density at radius 3 is 2.56 bits per heavy atom. The minimum atomic E-state index is -0.626. The van der Waals surface area contributed by atoms with E-state index in [1.807, 2.05) is 30.3 Å². The number of primary amides is 1. The average Bonchev–Trinajstić information content (AvgIpc) is 2.35. The molecule has 18 heavy (non-hydrogen) atoms. The molecule has 4 heteroatoms. The molecule has 0 aliphatic rings. The van der Waals surface area contributed by atoms with Gasteiger partial charge in [0.25, 0.3) is 0 Å². The molecule has 0 aromatic heterocycles. The number of hydrogen-bond acceptors (Lipinski definition) is 2. The molecule has 4 nitrogen and oxygen atoms in total. The summed E-state index contributed by atoms with van der Waals surface area (Å²) in [6, 6.07) is 8.72. The van der Waals surface area contributed by atoms with Crippen molar-refractivity contribution in [1.82, 2.24) is 5.32 Å². The Labute approximate surface area is 107 Å². The summed E-state index contributed by atoms with van der Waals surface area (Å²) in [6.45, 7) is 3.57. The third-order valence-corrected chi connectivity index (χ3v) is 2.55. The Kier molecular flexibility index (Phi) is 5.64. The van der Waals surface area contributed by atoms with E-state index in [1.165, 1.54) is 0 Å². The summed E-state index contributed by atoms with van der Waals surface area (Å²) < 4.78 is 0. The van der Waals surface area contributed by atoms with Crippen molar-refractivity contribution in [1.29, 1.82) is 0 Å². The van der Waals surface area contributed by atoms with Crippen LogP contribution in [0.15, 0.2) is 43.0 Å². The molecule has 1 rings (SSSR count). The van der Waals surface area contributed by atoms with Crippen LogP contribution in [-0.2, 0) is 16.0 Å². The average molecular weight is 246 g/mol. The number of amides is 2. The van der Waals surface area contributed by atoms with Gasteiger partial charge in [0.2, 0.25) is 11.8 Å². The van der Waals surface area contributed by atoms with Gasteiger partial charge in [0.15, 0.2) is 0 Å². The van der Waals surface area contributed by atoms with Crippen LogP contribution in [0, 0.1) is 0 Å². The summed E-state index contributed by atoms with van der Waals surface area (Å²) in [5, 5.41) is 2.64. The monoisotopic (exact) mass is 246 g/mol. The number of benzene rings is 1. The van der Waals surface area contributed by atoms with Crippen molar-refractivity contribution < 1.29 is 9.59 Å². The molecule has 3 N–H and O–H groups in total. The van der Waals surface area contributed by atoms with E-state index < -0.39 is 11.9 Å². The first-order valence-electron chi connectivity index (χ1n) is 5.87. The van der Waals surface area contributed by atoms with Gasteiger partial charge in [0.05, 0.1) is 6.42 Å². The molecular formula is C14H18N2O2. The molecule has 0 bridgehead atoms. The van der Waals surface area contributed by atoms with Gasteiger partial charge >= 0.3 is 0 Å². The molecule has 0 saturated heterocycles. The van der Waals surface area contributed by atoms with E-state index in [2.05, 4.69) is 11.9 Å². The zero-order chi connectivity index (χ0) is 13.4. The van der Waals surface area contributed by atoms with E-state index in [9.17, 15) is 9.59 Å². The molecule has 0 unspecified atom stereocenters. The van der Waals surface area contributed by atoms with Crippen LogP contribution < -0.4 is 11.1 Å². The van der Waals surface area contributed by atoms with Gasteiger partial charge in [-0.2, -0.15) is 0 Å². The highest BCUT2D eigenvalue weighted by Crippen LogP contribution is 2.02. The lowest BCUT2D eigenvalue weighted by molar-refractivity contribution is -0.127. The maximum atomic E-state index is 11.7. The molecule has 0 fully saturated rings. The highest BCUT2D eigenvalue weighted by molar-refractivity contribution is 5.87. The topological polar surface area (TPSA) is 72.2 Å². The van der Waals surface area contributed by atoms with Gasteiger partial charge in [-0.1, -0.05) is 36.4 Å². The Morgan fingerprint density at radius 1 is 1.33 bits per heavy atom. The number of rotatable bonds is 7. The van der Waals surface area contributed by atoms with Gasteiger partial charge in [0.1, 0.15) is 6.04 Å². The Bertz CT molecular complexity index is 415. The smallest absolute Gasteiger partial charge is 0.240 e. The first-order chi connectivity index (χ1) is 8.63. The largest absolute Gasteiger partial charge is 0.368 e. The van der Waals surface area contributed by atoms with Crippen molar-refractivity contribution in [3.05, 3.63) is 48.6 Å². The Hall–Kier alpha value is -2.10. The summed E-state index contributed by atoms with van der Waals surface area (Å²) >= 11 is 0. The quantitative estimate of drug-likeness (QED) is 0.709. The fourth-order valence-electron chi connectivity index (χ4n) is 1.60. The maximum absolute atomic E-state index is 11.7. The van der Waals surface area contributed by atoms with Crippen LogP contribution >= 0.6 is 0 Å². The predicted octanol–water partition coefficient (Wildman–Crippen LogP) is 1.17. The predicted molar refractivity (Wildman–Crippen MR) is 70.7 cm³/mol. The summed E-state index contributed by atoms with van der Waals surface area (Å²) in [5.41, 5.74) is 6.14. The van der Waals surface area contributed by atoms with Gasteiger partial charge in [-0.15, -0.1) is 6.58 Å². The number of nitrogens with one attached hydrogen (secondary N) is 1. The summed E-state index contributed by atoms with van der Waals surface area (Å²) in [5.74, 6) is -0.715. The molecule has 0 radical (unpaired) electrons. The van der Waals surface area contributed by atoms with E-state index in [4.69, 9.17) is 5.73 Å².